The molecule has 0 amide bonds. The molecule has 2 fully saturated rings. The Morgan fingerprint density at radius 2 is 1.10 bits per heavy atom. The van der Waals surface area contributed by atoms with Gasteiger partial charge in [-0.2, -0.15) is 10.2 Å². The SMILES string of the molecule is CN1CCC[C@@]1(C)c1nc2c3c(sc2c(=O)[nH]1)-c1cn[nH]c1CCC3.CN1CCC[C@]1(C)c1nc2c3c(sc2c(=O)[nH]1)-c1cn[nH]c1CCC3. The number of hydrogen-bond acceptors (Lipinski definition) is 10. The Hall–Kier alpha value is -3.98. The molecule has 50 heavy (non-hydrogen) atoms. The molecule has 0 bridgehead atoms. The summed E-state index contributed by atoms with van der Waals surface area (Å²) in [5.41, 5.74) is 8.46. The minimum absolute atomic E-state index is 0.00959. The molecule has 6 aromatic heterocycles. The van der Waals surface area contributed by atoms with Crippen molar-refractivity contribution in [2.75, 3.05) is 27.2 Å². The zero-order chi connectivity index (χ0) is 34.4. The first-order valence-corrected chi connectivity index (χ1v) is 19.4. The van der Waals surface area contributed by atoms with Crippen LogP contribution in [0.4, 0.5) is 0 Å². The summed E-state index contributed by atoms with van der Waals surface area (Å²) < 4.78 is 1.49. The van der Waals surface area contributed by atoms with E-state index < -0.39 is 0 Å². The molecule has 0 unspecified atom stereocenters. The molecule has 10 rings (SSSR count). The van der Waals surface area contributed by atoms with Crippen molar-refractivity contribution in [3.05, 3.63) is 67.3 Å². The number of aromatic amines is 4. The molecular weight excluding hydrogens is 669 g/mol. The third kappa shape index (κ3) is 4.82. The third-order valence-corrected chi connectivity index (χ3v) is 14.4. The van der Waals surface area contributed by atoms with Gasteiger partial charge in [0, 0.05) is 32.3 Å². The Bertz CT molecular complexity index is 2230. The first-order valence-electron chi connectivity index (χ1n) is 17.8. The molecule has 12 nitrogen and oxygen atoms in total. The molecular formula is C36H42N10O2S2. The summed E-state index contributed by atoms with van der Waals surface area (Å²) in [7, 11) is 4.23. The lowest BCUT2D eigenvalue weighted by Crippen LogP contribution is -2.38. The van der Waals surface area contributed by atoms with Crippen molar-refractivity contribution in [3.63, 3.8) is 0 Å². The van der Waals surface area contributed by atoms with Crippen LogP contribution in [-0.4, -0.2) is 77.3 Å². The quantitative estimate of drug-likeness (QED) is 0.181. The summed E-state index contributed by atoms with van der Waals surface area (Å²) in [5, 5.41) is 14.6. The second-order valence-electron chi connectivity index (χ2n) is 14.8. The number of nitrogens with one attached hydrogen (secondary N) is 4. The normalized spacial score (nSPS) is 23.6. The summed E-state index contributed by atoms with van der Waals surface area (Å²) in [5.74, 6) is 1.62. The molecule has 0 radical (unpaired) electrons. The number of H-pyrrole nitrogens is 4. The van der Waals surface area contributed by atoms with Crippen LogP contribution in [0.15, 0.2) is 22.0 Å². The van der Waals surface area contributed by atoms with Gasteiger partial charge in [0.2, 0.25) is 0 Å². The number of fused-ring (bicyclic) bond motifs is 10. The number of nitrogens with zero attached hydrogens (tertiary/aromatic N) is 6. The fourth-order valence-corrected chi connectivity index (χ4v) is 11.0. The maximum absolute atomic E-state index is 12.8. The Morgan fingerprint density at radius 1 is 0.660 bits per heavy atom. The largest absolute Gasteiger partial charge is 0.308 e. The molecule has 2 aliphatic carbocycles. The van der Waals surface area contributed by atoms with Crippen LogP contribution in [0.25, 0.3) is 41.3 Å². The van der Waals surface area contributed by atoms with Crippen LogP contribution in [0.1, 0.15) is 86.5 Å². The molecule has 2 aliphatic heterocycles. The van der Waals surface area contributed by atoms with Gasteiger partial charge in [-0.05, 0) is 116 Å². The standard InChI is InChI=1S/2C18H21N5OS/c2*1-18(7-4-8-23(18)2)17-20-13-10-5-3-6-12-11(9-19-22-12)14(10)25-15(13)16(24)21-17/h2*9H,3-8H2,1-2H3,(H,19,22)(H,20,21,24)/t2*18-/m10/s1. The molecule has 0 aromatic carbocycles. The Labute approximate surface area is 296 Å². The number of aryl methyl sites for hydroxylation is 4. The average Bonchev–Trinajstić information content (AvgIpc) is 3.95. The third-order valence-electron chi connectivity index (χ3n) is 11.9. The van der Waals surface area contributed by atoms with E-state index in [4.69, 9.17) is 9.97 Å². The fourth-order valence-electron chi connectivity index (χ4n) is 8.55. The Kier molecular flexibility index (Phi) is 7.54. The zero-order valence-electron chi connectivity index (χ0n) is 29.0. The second-order valence-corrected chi connectivity index (χ2v) is 16.9. The van der Waals surface area contributed by atoms with Crippen LogP contribution < -0.4 is 11.1 Å². The summed E-state index contributed by atoms with van der Waals surface area (Å²) in [6.45, 7) is 6.45. The summed E-state index contributed by atoms with van der Waals surface area (Å²) in [4.78, 5) is 48.8. The second kappa shape index (κ2) is 11.8. The first kappa shape index (κ1) is 32.0. The average molecular weight is 711 g/mol. The molecule has 0 spiro atoms. The van der Waals surface area contributed by atoms with E-state index in [1.54, 1.807) is 22.7 Å². The number of thiophene rings is 2. The minimum Gasteiger partial charge on any atom is -0.308 e. The van der Waals surface area contributed by atoms with Gasteiger partial charge in [-0.25, -0.2) is 9.97 Å². The topological polar surface area (TPSA) is 155 Å². The Morgan fingerprint density at radius 3 is 1.50 bits per heavy atom. The zero-order valence-corrected chi connectivity index (χ0v) is 30.6. The molecule has 4 N–H and O–H groups in total. The van der Waals surface area contributed by atoms with Crippen LogP contribution >= 0.6 is 22.7 Å². The highest BCUT2D eigenvalue weighted by molar-refractivity contribution is 7.22. The van der Waals surface area contributed by atoms with E-state index in [1.807, 2.05) is 12.4 Å². The molecule has 8 heterocycles. The molecule has 260 valence electrons. The van der Waals surface area contributed by atoms with Gasteiger partial charge >= 0.3 is 0 Å². The van der Waals surface area contributed by atoms with Crippen molar-refractivity contribution in [1.29, 1.82) is 0 Å². The highest BCUT2D eigenvalue weighted by Gasteiger charge is 2.40. The first-order chi connectivity index (χ1) is 24.2. The molecule has 4 aliphatic rings. The van der Waals surface area contributed by atoms with Crippen LogP contribution in [0, 0.1) is 0 Å². The predicted octanol–water partition coefficient (Wildman–Crippen LogP) is 5.61. The van der Waals surface area contributed by atoms with E-state index >= 15 is 0 Å². The summed E-state index contributed by atoms with van der Waals surface area (Å²) in [6, 6.07) is 0. The van der Waals surface area contributed by atoms with Crippen molar-refractivity contribution >= 4 is 43.1 Å². The molecule has 2 saturated heterocycles. The highest BCUT2D eigenvalue weighted by Crippen LogP contribution is 2.44. The lowest BCUT2D eigenvalue weighted by molar-refractivity contribution is 0.185. The van der Waals surface area contributed by atoms with E-state index in [0.29, 0.717) is 0 Å². The fraction of sp³-hybridized carbons (Fsp3) is 0.500. The molecule has 14 heteroatoms. The number of likely N-dealkylation sites (tertiary alicyclic amines) is 2. The summed E-state index contributed by atoms with van der Waals surface area (Å²) in [6.07, 6.45) is 14.1. The van der Waals surface area contributed by atoms with Crippen LogP contribution in [0.3, 0.4) is 0 Å². The van der Waals surface area contributed by atoms with Crippen molar-refractivity contribution in [1.82, 2.24) is 50.1 Å². The lowest BCUT2D eigenvalue weighted by Gasteiger charge is -2.30. The smallest absolute Gasteiger partial charge is 0.268 e. The minimum atomic E-state index is -0.187. The van der Waals surface area contributed by atoms with Crippen molar-refractivity contribution < 1.29 is 0 Å². The van der Waals surface area contributed by atoms with Crippen LogP contribution in [0.2, 0.25) is 0 Å². The van der Waals surface area contributed by atoms with Crippen molar-refractivity contribution in [3.8, 4) is 20.9 Å². The highest BCUT2D eigenvalue weighted by atomic mass is 32.1. The van der Waals surface area contributed by atoms with E-state index in [2.05, 4.69) is 68.1 Å². The van der Waals surface area contributed by atoms with Gasteiger partial charge in [-0.3, -0.25) is 29.6 Å². The van der Waals surface area contributed by atoms with Gasteiger partial charge in [0.15, 0.2) is 0 Å². The maximum atomic E-state index is 12.8. The van der Waals surface area contributed by atoms with Crippen molar-refractivity contribution in [2.45, 2.75) is 89.1 Å². The van der Waals surface area contributed by atoms with E-state index in [-0.39, 0.29) is 22.2 Å². The molecule has 6 aromatic rings. The number of hydrogen-bond donors (Lipinski definition) is 4. The van der Waals surface area contributed by atoms with Crippen molar-refractivity contribution in [2.24, 2.45) is 0 Å². The predicted molar refractivity (Wildman–Crippen MR) is 198 cm³/mol. The Balaban J connectivity index is 0.000000135. The van der Waals surface area contributed by atoms with Crippen LogP contribution in [0.5, 0.6) is 0 Å². The van der Waals surface area contributed by atoms with Gasteiger partial charge in [0.25, 0.3) is 11.1 Å². The van der Waals surface area contributed by atoms with E-state index in [0.717, 1.165) is 130 Å². The number of rotatable bonds is 2. The van der Waals surface area contributed by atoms with Gasteiger partial charge < -0.3 is 9.97 Å². The monoisotopic (exact) mass is 710 g/mol. The lowest BCUT2D eigenvalue weighted by atomic mass is 9.98. The van der Waals surface area contributed by atoms with Crippen LogP contribution in [-0.2, 0) is 36.8 Å². The van der Waals surface area contributed by atoms with Gasteiger partial charge in [0.05, 0.1) is 34.5 Å². The maximum Gasteiger partial charge on any atom is 0.268 e. The van der Waals surface area contributed by atoms with Gasteiger partial charge in [-0.15, -0.1) is 22.7 Å². The van der Waals surface area contributed by atoms with E-state index in [1.165, 1.54) is 22.5 Å². The van der Waals surface area contributed by atoms with E-state index in [9.17, 15) is 9.59 Å². The molecule has 0 saturated carbocycles. The van der Waals surface area contributed by atoms with Gasteiger partial charge in [-0.1, -0.05) is 0 Å². The molecule has 2 atom stereocenters. The van der Waals surface area contributed by atoms with Gasteiger partial charge in [0.1, 0.15) is 21.0 Å². The summed E-state index contributed by atoms with van der Waals surface area (Å²) >= 11 is 3.12. The number of aromatic nitrogens is 8.